The fourth-order valence-electron chi connectivity index (χ4n) is 5.15. The van der Waals surface area contributed by atoms with E-state index in [-0.39, 0.29) is 35.8 Å². The molecule has 2 N–H and O–H groups in total. The molecule has 1 aliphatic heterocycles. The first kappa shape index (κ1) is 21.6. The molecule has 0 aromatic heterocycles. The SMILES string of the molecule is COC1CCC2CC(CCNC(=O)C(c3ccccc3)c3ccccc3)C(=O)NC2C1. The summed E-state index contributed by atoms with van der Waals surface area (Å²) < 4.78 is 5.49. The number of piperidine rings is 1. The second-order valence-corrected chi connectivity index (χ2v) is 8.81. The van der Waals surface area contributed by atoms with Crippen molar-refractivity contribution in [2.45, 2.75) is 50.2 Å². The van der Waals surface area contributed by atoms with Crippen molar-refractivity contribution in [1.29, 1.82) is 0 Å². The molecule has 4 rings (SSSR count). The van der Waals surface area contributed by atoms with Gasteiger partial charge in [-0.15, -0.1) is 0 Å². The Hall–Kier alpha value is -2.66. The highest BCUT2D eigenvalue weighted by atomic mass is 16.5. The fourth-order valence-corrected chi connectivity index (χ4v) is 5.15. The zero-order valence-electron chi connectivity index (χ0n) is 18.1. The lowest BCUT2D eigenvalue weighted by atomic mass is 9.74. The molecule has 0 spiro atoms. The molecule has 1 saturated carbocycles. The quantitative estimate of drug-likeness (QED) is 0.719. The number of nitrogens with one attached hydrogen (secondary N) is 2. The number of carbonyl (C=O) groups excluding carboxylic acids is 2. The van der Waals surface area contributed by atoms with E-state index in [1.54, 1.807) is 7.11 Å². The van der Waals surface area contributed by atoms with Crippen LogP contribution in [0.25, 0.3) is 0 Å². The van der Waals surface area contributed by atoms with Crippen molar-refractivity contribution in [1.82, 2.24) is 10.6 Å². The number of rotatable bonds is 7. The van der Waals surface area contributed by atoms with E-state index in [2.05, 4.69) is 10.6 Å². The van der Waals surface area contributed by atoms with Crippen LogP contribution in [0.1, 0.15) is 49.1 Å². The molecule has 1 saturated heterocycles. The van der Waals surface area contributed by atoms with Crippen LogP contribution in [0.2, 0.25) is 0 Å². The molecule has 5 heteroatoms. The van der Waals surface area contributed by atoms with Gasteiger partial charge in [-0.1, -0.05) is 60.7 Å². The Kier molecular flexibility index (Phi) is 7.03. The number of methoxy groups -OCH3 is 1. The van der Waals surface area contributed by atoms with Crippen LogP contribution in [-0.2, 0) is 14.3 Å². The second-order valence-electron chi connectivity index (χ2n) is 8.81. The molecule has 2 aromatic carbocycles. The van der Waals surface area contributed by atoms with Crippen molar-refractivity contribution in [3.05, 3.63) is 71.8 Å². The van der Waals surface area contributed by atoms with Crippen LogP contribution >= 0.6 is 0 Å². The minimum absolute atomic E-state index is 0.0212. The zero-order chi connectivity index (χ0) is 21.6. The summed E-state index contributed by atoms with van der Waals surface area (Å²) in [5.74, 6) is 0.233. The average Bonchev–Trinajstić information content (AvgIpc) is 2.80. The van der Waals surface area contributed by atoms with Crippen LogP contribution < -0.4 is 10.6 Å². The van der Waals surface area contributed by atoms with Gasteiger partial charge in [-0.05, 0) is 49.1 Å². The number of hydrogen-bond donors (Lipinski definition) is 2. The highest BCUT2D eigenvalue weighted by Crippen LogP contribution is 2.35. The lowest BCUT2D eigenvalue weighted by Crippen LogP contribution is -2.53. The van der Waals surface area contributed by atoms with Crippen LogP contribution in [-0.4, -0.2) is 37.6 Å². The summed E-state index contributed by atoms with van der Waals surface area (Å²) in [4.78, 5) is 25.8. The van der Waals surface area contributed by atoms with E-state index in [1.807, 2.05) is 60.7 Å². The third-order valence-electron chi connectivity index (χ3n) is 6.88. The van der Waals surface area contributed by atoms with Crippen LogP contribution in [0.5, 0.6) is 0 Å². The molecular weight excluding hydrogens is 388 g/mol. The Labute approximate surface area is 184 Å². The van der Waals surface area contributed by atoms with E-state index in [1.165, 1.54) is 0 Å². The van der Waals surface area contributed by atoms with Crippen molar-refractivity contribution in [2.75, 3.05) is 13.7 Å². The lowest BCUT2D eigenvalue weighted by molar-refractivity contribution is -0.131. The van der Waals surface area contributed by atoms with Gasteiger partial charge in [0.1, 0.15) is 0 Å². The molecule has 31 heavy (non-hydrogen) atoms. The van der Waals surface area contributed by atoms with Gasteiger partial charge in [-0.2, -0.15) is 0 Å². The monoisotopic (exact) mass is 420 g/mol. The Bertz CT molecular complexity index is 831. The summed E-state index contributed by atoms with van der Waals surface area (Å²) in [7, 11) is 1.75. The fraction of sp³-hybridized carbons (Fsp3) is 0.462. The van der Waals surface area contributed by atoms with Gasteiger partial charge in [-0.25, -0.2) is 0 Å². The first-order valence-electron chi connectivity index (χ1n) is 11.4. The third-order valence-corrected chi connectivity index (χ3v) is 6.88. The zero-order valence-corrected chi connectivity index (χ0v) is 18.1. The molecular formula is C26H32N2O3. The number of benzene rings is 2. The predicted octanol–water partition coefficient (Wildman–Crippen LogP) is 3.64. The number of ether oxygens (including phenoxy) is 1. The highest BCUT2D eigenvalue weighted by molar-refractivity contribution is 5.87. The first-order valence-corrected chi connectivity index (χ1v) is 11.4. The average molecular weight is 421 g/mol. The molecule has 1 heterocycles. The standard InChI is InChI=1S/C26H32N2O3/c1-31-22-13-12-20-16-21(25(29)28-23(20)17-22)14-15-27-26(30)24(18-8-4-2-5-9-18)19-10-6-3-7-11-19/h2-11,20-24H,12-17H2,1H3,(H,27,30)(H,28,29). The molecule has 2 aliphatic rings. The van der Waals surface area contributed by atoms with Gasteiger partial charge in [0.2, 0.25) is 11.8 Å². The Balaban J connectivity index is 1.35. The molecule has 2 fully saturated rings. The maximum atomic E-state index is 13.1. The maximum absolute atomic E-state index is 13.1. The van der Waals surface area contributed by atoms with E-state index in [0.717, 1.165) is 36.8 Å². The minimum atomic E-state index is -0.351. The summed E-state index contributed by atoms with van der Waals surface area (Å²) in [6.45, 7) is 0.505. The summed E-state index contributed by atoms with van der Waals surface area (Å²) in [5, 5.41) is 6.31. The van der Waals surface area contributed by atoms with E-state index in [9.17, 15) is 9.59 Å². The summed E-state index contributed by atoms with van der Waals surface area (Å²) in [6, 6.07) is 19.9. The number of amides is 2. The number of hydrogen-bond acceptors (Lipinski definition) is 3. The Morgan fingerprint density at radius 3 is 2.29 bits per heavy atom. The van der Waals surface area contributed by atoms with Crippen molar-refractivity contribution in [2.24, 2.45) is 11.8 Å². The van der Waals surface area contributed by atoms with Crippen molar-refractivity contribution >= 4 is 11.8 Å². The highest BCUT2D eigenvalue weighted by Gasteiger charge is 2.39. The molecule has 0 bridgehead atoms. The van der Waals surface area contributed by atoms with Crippen molar-refractivity contribution < 1.29 is 14.3 Å². The molecule has 2 aromatic rings. The molecule has 5 nitrogen and oxygen atoms in total. The Morgan fingerprint density at radius 2 is 1.68 bits per heavy atom. The molecule has 164 valence electrons. The largest absolute Gasteiger partial charge is 0.381 e. The molecule has 4 atom stereocenters. The topological polar surface area (TPSA) is 67.4 Å². The van der Waals surface area contributed by atoms with Gasteiger partial charge in [0.25, 0.3) is 0 Å². The predicted molar refractivity (Wildman–Crippen MR) is 121 cm³/mol. The van der Waals surface area contributed by atoms with Gasteiger partial charge in [0, 0.05) is 25.6 Å². The van der Waals surface area contributed by atoms with Crippen molar-refractivity contribution in [3.63, 3.8) is 0 Å². The number of fused-ring (bicyclic) bond motifs is 1. The summed E-state index contributed by atoms with van der Waals surface area (Å²) in [6.07, 6.45) is 4.90. The van der Waals surface area contributed by atoms with E-state index >= 15 is 0 Å². The minimum Gasteiger partial charge on any atom is -0.381 e. The van der Waals surface area contributed by atoms with Gasteiger partial charge < -0.3 is 15.4 Å². The smallest absolute Gasteiger partial charge is 0.232 e. The van der Waals surface area contributed by atoms with Crippen LogP contribution in [0.4, 0.5) is 0 Å². The summed E-state index contributed by atoms with van der Waals surface area (Å²) in [5.41, 5.74) is 1.94. The third kappa shape index (κ3) is 5.16. The van der Waals surface area contributed by atoms with Gasteiger partial charge >= 0.3 is 0 Å². The van der Waals surface area contributed by atoms with E-state index in [4.69, 9.17) is 4.74 Å². The van der Waals surface area contributed by atoms with Crippen LogP contribution in [0, 0.1) is 11.8 Å². The first-order chi connectivity index (χ1) is 15.2. The van der Waals surface area contributed by atoms with Gasteiger partial charge in [0.15, 0.2) is 0 Å². The normalized spacial score (nSPS) is 25.5. The lowest BCUT2D eigenvalue weighted by Gasteiger charge is -2.41. The van der Waals surface area contributed by atoms with Gasteiger partial charge in [-0.3, -0.25) is 9.59 Å². The maximum Gasteiger partial charge on any atom is 0.232 e. The summed E-state index contributed by atoms with van der Waals surface area (Å²) >= 11 is 0. The van der Waals surface area contributed by atoms with Crippen LogP contribution in [0.3, 0.4) is 0 Å². The Morgan fingerprint density at radius 1 is 1.03 bits per heavy atom. The van der Waals surface area contributed by atoms with Crippen molar-refractivity contribution in [3.8, 4) is 0 Å². The molecule has 0 radical (unpaired) electrons. The van der Waals surface area contributed by atoms with E-state index in [0.29, 0.717) is 18.9 Å². The molecule has 1 aliphatic carbocycles. The van der Waals surface area contributed by atoms with Crippen LogP contribution in [0.15, 0.2) is 60.7 Å². The van der Waals surface area contributed by atoms with E-state index < -0.39 is 0 Å². The number of carbonyl (C=O) groups is 2. The molecule has 2 amide bonds. The second kappa shape index (κ2) is 10.1. The molecule has 4 unspecified atom stereocenters. The van der Waals surface area contributed by atoms with Gasteiger partial charge in [0.05, 0.1) is 12.0 Å².